The largest absolute Gasteiger partial charge is 1.00 e. The van der Waals surface area contributed by atoms with Gasteiger partial charge in [0.1, 0.15) is 0 Å². The van der Waals surface area contributed by atoms with Gasteiger partial charge in [0.05, 0.1) is 33.1 Å². The molecule has 0 aliphatic rings. The number of quaternary nitrogens is 1. The normalized spacial score (nSPS) is 10.5. The van der Waals surface area contributed by atoms with Crippen LogP contribution in [0.15, 0.2) is 0 Å². The molecular formula is C5H14ClNS. The van der Waals surface area contributed by atoms with Crippen molar-refractivity contribution >= 4 is 11.9 Å². The number of halogens is 1. The molecule has 0 spiro atoms. The molecular weight excluding hydrogens is 142 g/mol. The molecule has 1 nitrogen and oxygen atoms in total. The number of hydrogen-bond acceptors (Lipinski definition) is 1. The van der Waals surface area contributed by atoms with E-state index in [1.807, 2.05) is 11.9 Å². The summed E-state index contributed by atoms with van der Waals surface area (Å²) < 4.78 is 1.01. The van der Waals surface area contributed by atoms with Gasteiger partial charge >= 0.3 is 0 Å². The minimum absolute atomic E-state index is 0. The molecule has 0 saturated heterocycles. The first-order valence-corrected chi connectivity index (χ1v) is 3.46. The predicted molar refractivity (Wildman–Crippen MR) is 36.2 cm³/mol. The van der Waals surface area contributed by atoms with Crippen molar-refractivity contribution in [3.63, 3.8) is 0 Å². The summed E-state index contributed by atoms with van der Waals surface area (Å²) in [5.41, 5.74) is 0. The van der Waals surface area contributed by atoms with Crippen molar-refractivity contribution < 1.29 is 16.3 Å². The second kappa shape index (κ2) is 4.48. The molecule has 0 aliphatic heterocycles. The SMILES string of the molecule is CCS[N+](C)(C)C.[Cl-]. The molecule has 0 aromatic rings. The molecule has 0 rings (SSSR count). The summed E-state index contributed by atoms with van der Waals surface area (Å²) in [6, 6.07) is 0. The molecule has 0 atom stereocenters. The molecule has 0 aliphatic carbocycles. The summed E-state index contributed by atoms with van der Waals surface area (Å²) in [5, 5.41) is 0. The Bertz CT molecular complexity index is 50.9. The predicted octanol–water partition coefficient (Wildman–Crippen LogP) is -1.64. The zero-order valence-electron chi connectivity index (χ0n) is 5.94. The van der Waals surface area contributed by atoms with Crippen molar-refractivity contribution in [2.75, 3.05) is 26.9 Å². The van der Waals surface area contributed by atoms with Crippen LogP contribution in [0, 0.1) is 0 Å². The van der Waals surface area contributed by atoms with Crippen molar-refractivity contribution in [3.05, 3.63) is 0 Å². The van der Waals surface area contributed by atoms with Gasteiger partial charge in [-0.05, 0) is 0 Å². The van der Waals surface area contributed by atoms with Gasteiger partial charge in [-0.1, -0.05) is 6.92 Å². The van der Waals surface area contributed by atoms with Crippen molar-refractivity contribution in [3.8, 4) is 0 Å². The number of nitrogens with zero attached hydrogens (tertiary/aromatic N) is 1. The van der Waals surface area contributed by atoms with Crippen LogP contribution in [-0.4, -0.2) is 30.8 Å². The van der Waals surface area contributed by atoms with Crippen LogP contribution in [0.25, 0.3) is 0 Å². The van der Waals surface area contributed by atoms with Crippen LogP contribution in [-0.2, 0) is 0 Å². The Balaban J connectivity index is 0. The molecule has 0 N–H and O–H groups in total. The van der Waals surface area contributed by atoms with Crippen LogP contribution >= 0.6 is 11.9 Å². The average molecular weight is 156 g/mol. The first-order chi connectivity index (χ1) is 3.06. The van der Waals surface area contributed by atoms with Gasteiger partial charge in [-0.15, -0.1) is 0 Å². The van der Waals surface area contributed by atoms with Gasteiger partial charge in [-0.3, -0.25) is 3.89 Å². The van der Waals surface area contributed by atoms with Crippen molar-refractivity contribution in [2.24, 2.45) is 0 Å². The third-order valence-corrected chi connectivity index (χ3v) is 1.55. The standard InChI is InChI=1S/C5H14NS.ClH/c1-5-7-6(2,3)4;/h5H2,1-4H3;1H/q+1;/p-1. The van der Waals surface area contributed by atoms with Gasteiger partial charge in [-0.25, -0.2) is 0 Å². The van der Waals surface area contributed by atoms with E-state index in [1.54, 1.807) is 0 Å². The van der Waals surface area contributed by atoms with Gasteiger partial charge in [0.15, 0.2) is 0 Å². The van der Waals surface area contributed by atoms with Gasteiger partial charge in [0.25, 0.3) is 0 Å². The van der Waals surface area contributed by atoms with E-state index >= 15 is 0 Å². The summed E-state index contributed by atoms with van der Waals surface area (Å²) >= 11 is 1.93. The molecule has 0 amide bonds. The molecule has 0 heterocycles. The maximum atomic E-state index is 2.17. The van der Waals surface area contributed by atoms with E-state index < -0.39 is 0 Å². The Morgan fingerprint density at radius 2 is 1.62 bits per heavy atom. The maximum absolute atomic E-state index is 2.17. The molecule has 0 bridgehead atoms. The Kier molecular flexibility index (Phi) is 6.38. The summed E-state index contributed by atoms with van der Waals surface area (Å²) in [6.45, 7) is 2.17. The molecule has 3 heteroatoms. The lowest BCUT2D eigenvalue weighted by molar-refractivity contribution is -0.726. The molecule has 0 unspecified atom stereocenters. The van der Waals surface area contributed by atoms with E-state index in [-0.39, 0.29) is 12.4 Å². The lowest BCUT2D eigenvalue weighted by atomic mass is 11.0. The van der Waals surface area contributed by atoms with Gasteiger partial charge < -0.3 is 12.4 Å². The second-order valence-electron chi connectivity index (χ2n) is 2.31. The van der Waals surface area contributed by atoms with E-state index in [9.17, 15) is 0 Å². The van der Waals surface area contributed by atoms with Crippen LogP contribution in [0.2, 0.25) is 0 Å². The minimum atomic E-state index is 0. The van der Waals surface area contributed by atoms with E-state index in [0.717, 1.165) is 3.89 Å². The van der Waals surface area contributed by atoms with Gasteiger partial charge in [-0.2, -0.15) is 0 Å². The monoisotopic (exact) mass is 155 g/mol. The molecule has 8 heavy (non-hydrogen) atoms. The lowest BCUT2D eigenvalue weighted by Crippen LogP contribution is -3.00. The summed E-state index contributed by atoms with van der Waals surface area (Å²) in [5.74, 6) is 1.20. The Morgan fingerprint density at radius 1 is 1.25 bits per heavy atom. The maximum Gasteiger partial charge on any atom is 0.0783 e. The van der Waals surface area contributed by atoms with Crippen LogP contribution < -0.4 is 12.4 Å². The zero-order valence-corrected chi connectivity index (χ0v) is 7.51. The first kappa shape index (κ1) is 11.4. The fraction of sp³-hybridized carbons (Fsp3) is 1.00. The lowest BCUT2D eigenvalue weighted by Gasteiger charge is -2.18. The summed E-state index contributed by atoms with van der Waals surface area (Å²) in [7, 11) is 6.52. The third kappa shape index (κ3) is 9.78. The molecule has 0 fully saturated rings. The second-order valence-corrected chi connectivity index (χ2v) is 4.24. The van der Waals surface area contributed by atoms with E-state index in [4.69, 9.17) is 0 Å². The Morgan fingerprint density at radius 3 is 1.62 bits per heavy atom. The highest BCUT2D eigenvalue weighted by atomic mass is 35.5. The number of rotatable bonds is 2. The fourth-order valence-electron chi connectivity index (χ4n) is 0.387. The summed E-state index contributed by atoms with van der Waals surface area (Å²) in [6.07, 6.45) is 0. The van der Waals surface area contributed by atoms with Crippen molar-refractivity contribution in [1.82, 2.24) is 0 Å². The van der Waals surface area contributed by atoms with Crippen molar-refractivity contribution in [1.29, 1.82) is 0 Å². The number of hydrogen-bond donors (Lipinski definition) is 0. The highest BCUT2D eigenvalue weighted by Gasteiger charge is 2.04. The minimum Gasteiger partial charge on any atom is -1.00 e. The molecule has 52 valence electrons. The average Bonchev–Trinajstić information content (AvgIpc) is 1.30. The molecule has 0 saturated carbocycles. The summed E-state index contributed by atoms with van der Waals surface area (Å²) in [4.78, 5) is 0. The molecule has 0 radical (unpaired) electrons. The fourth-order valence-corrected chi connectivity index (χ4v) is 1.16. The Labute approximate surface area is 62.6 Å². The van der Waals surface area contributed by atoms with Crippen molar-refractivity contribution in [2.45, 2.75) is 6.92 Å². The van der Waals surface area contributed by atoms with Crippen LogP contribution in [0.1, 0.15) is 6.92 Å². The third-order valence-electron chi connectivity index (χ3n) is 0.516. The highest BCUT2D eigenvalue weighted by molar-refractivity contribution is 7.93. The van der Waals surface area contributed by atoms with E-state index in [0.29, 0.717) is 0 Å². The van der Waals surface area contributed by atoms with E-state index in [2.05, 4.69) is 28.1 Å². The van der Waals surface area contributed by atoms with Gasteiger partial charge in [0.2, 0.25) is 0 Å². The topological polar surface area (TPSA) is 0 Å². The highest BCUT2D eigenvalue weighted by Crippen LogP contribution is 2.10. The Hall–Kier alpha value is 0.600. The van der Waals surface area contributed by atoms with E-state index in [1.165, 1.54) is 5.75 Å². The first-order valence-electron chi connectivity index (χ1n) is 2.52. The smallest absolute Gasteiger partial charge is 0.0783 e. The van der Waals surface area contributed by atoms with Gasteiger partial charge in [0, 0.05) is 5.75 Å². The zero-order chi connectivity index (χ0) is 5.91. The molecule has 0 aromatic heterocycles. The van der Waals surface area contributed by atoms with Crippen LogP contribution in [0.3, 0.4) is 0 Å². The van der Waals surface area contributed by atoms with Crippen LogP contribution in [0.4, 0.5) is 0 Å². The quantitative estimate of drug-likeness (QED) is 0.341. The molecule has 0 aromatic carbocycles. The van der Waals surface area contributed by atoms with Crippen LogP contribution in [0.5, 0.6) is 0 Å².